The molecule has 1 aromatic rings. The lowest BCUT2D eigenvalue weighted by Crippen LogP contribution is -2.29. The lowest BCUT2D eigenvalue weighted by molar-refractivity contribution is 0.459. The first-order valence-electron chi connectivity index (χ1n) is 6.45. The standard InChI is InChI=1S/C13H25N3/c1-4-5-6-7-12(2)14-9-11-16-10-8-13(3)15-16/h8,10,12,14H,4-7,9,11H2,1-3H3. The Morgan fingerprint density at radius 1 is 1.44 bits per heavy atom. The maximum absolute atomic E-state index is 4.36. The van der Waals surface area contributed by atoms with Gasteiger partial charge in [0.1, 0.15) is 0 Å². The van der Waals surface area contributed by atoms with E-state index in [2.05, 4.69) is 24.3 Å². The third kappa shape index (κ3) is 5.31. The van der Waals surface area contributed by atoms with Crippen LogP contribution in [0, 0.1) is 6.92 Å². The van der Waals surface area contributed by atoms with Crippen molar-refractivity contribution >= 4 is 0 Å². The Labute approximate surface area is 99.2 Å². The number of hydrogen-bond acceptors (Lipinski definition) is 2. The molecule has 0 amide bonds. The highest BCUT2D eigenvalue weighted by Gasteiger charge is 2.00. The lowest BCUT2D eigenvalue weighted by Gasteiger charge is -2.13. The molecule has 1 N–H and O–H groups in total. The van der Waals surface area contributed by atoms with Crippen molar-refractivity contribution in [3.05, 3.63) is 18.0 Å². The van der Waals surface area contributed by atoms with Crippen molar-refractivity contribution in [3.8, 4) is 0 Å². The highest BCUT2D eigenvalue weighted by Crippen LogP contribution is 2.02. The quantitative estimate of drug-likeness (QED) is 0.687. The fraction of sp³-hybridized carbons (Fsp3) is 0.769. The molecule has 0 aromatic carbocycles. The summed E-state index contributed by atoms with van der Waals surface area (Å²) in [7, 11) is 0. The van der Waals surface area contributed by atoms with Gasteiger partial charge >= 0.3 is 0 Å². The van der Waals surface area contributed by atoms with E-state index in [-0.39, 0.29) is 0 Å². The van der Waals surface area contributed by atoms with E-state index < -0.39 is 0 Å². The van der Waals surface area contributed by atoms with Crippen LogP contribution in [-0.4, -0.2) is 22.4 Å². The van der Waals surface area contributed by atoms with Crippen LogP contribution in [0.1, 0.15) is 45.2 Å². The van der Waals surface area contributed by atoms with E-state index in [0.717, 1.165) is 18.8 Å². The Bertz CT molecular complexity index is 280. The number of aromatic nitrogens is 2. The summed E-state index contributed by atoms with van der Waals surface area (Å²) in [6.45, 7) is 8.51. The molecule has 3 nitrogen and oxygen atoms in total. The summed E-state index contributed by atoms with van der Waals surface area (Å²) in [6, 6.07) is 2.67. The molecule has 0 spiro atoms. The minimum atomic E-state index is 0.628. The molecule has 0 aliphatic carbocycles. The number of hydrogen-bond donors (Lipinski definition) is 1. The van der Waals surface area contributed by atoms with Crippen LogP contribution in [0.4, 0.5) is 0 Å². The van der Waals surface area contributed by atoms with Crippen LogP contribution in [0.15, 0.2) is 12.3 Å². The molecule has 1 heterocycles. The van der Waals surface area contributed by atoms with Crippen LogP contribution in [0.5, 0.6) is 0 Å². The molecule has 1 unspecified atom stereocenters. The average Bonchev–Trinajstić information content (AvgIpc) is 2.65. The molecule has 3 heteroatoms. The Morgan fingerprint density at radius 3 is 2.88 bits per heavy atom. The van der Waals surface area contributed by atoms with E-state index in [9.17, 15) is 0 Å². The first kappa shape index (κ1) is 13.2. The third-order valence-corrected chi connectivity index (χ3v) is 2.85. The molecule has 0 aliphatic rings. The molecule has 0 aliphatic heterocycles. The van der Waals surface area contributed by atoms with Crippen molar-refractivity contribution < 1.29 is 0 Å². The molecule has 1 aromatic heterocycles. The SMILES string of the molecule is CCCCCC(C)NCCn1ccc(C)n1. The number of nitrogens with zero attached hydrogens (tertiary/aromatic N) is 2. The highest BCUT2D eigenvalue weighted by atomic mass is 15.3. The van der Waals surface area contributed by atoms with Gasteiger partial charge in [-0.05, 0) is 26.3 Å². The van der Waals surface area contributed by atoms with Gasteiger partial charge in [-0.25, -0.2) is 0 Å². The zero-order chi connectivity index (χ0) is 11.8. The van der Waals surface area contributed by atoms with Gasteiger partial charge in [-0.15, -0.1) is 0 Å². The molecule has 0 saturated carbocycles. The fourth-order valence-corrected chi connectivity index (χ4v) is 1.82. The second kappa shape index (κ2) is 7.44. The topological polar surface area (TPSA) is 29.9 Å². The first-order valence-corrected chi connectivity index (χ1v) is 6.45. The summed E-state index contributed by atoms with van der Waals surface area (Å²) in [4.78, 5) is 0. The monoisotopic (exact) mass is 223 g/mol. The Hall–Kier alpha value is -0.830. The molecule has 16 heavy (non-hydrogen) atoms. The van der Waals surface area contributed by atoms with Crippen LogP contribution in [0.25, 0.3) is 0 Å². The summed E-state index contributed by atoms with van der Waals surface area (Å²) in [5, 5.41) is 7.90. The smallest absolute Gasteiger partial charge is 0.0593 e. The van der Waals surface area contributed by atoms with Gasteiger partial charge in [-0.1, -0.05) is 26.2 Å². The summed E-state index contributed by atoms with van der Waals surface area (Å²) in [5.74, 6) is 0. The van der Waals surface area contributed by atoms with Crippen molar-refractivity contribution in [2.45, 2.75) is 59.0 Å². The molecule has 1 atom stereocenters. The average molecular weight is 223 g/mol. The molecule has 0 radical (unpaired) electrons. The van der Waals surface area contributed by atoms with Crippen molar-refractivity contribution in [1.29, 1.82) is 0 Å². The van der Waals surface area contributed by atoms with Crippen molar-refractivity contribution in [2.75, 3.05) is 6.54 Å². The normalized spacial score (nSPS) is 12.9. The van der Waals surface area contributed by atoms with E-state index in [0.29, 0.717) is 6.04 Å². The van der Waals surface area contributed by atoms with E-state index in [4.69, 9.17) is 0 Å². The van der Waals surface area contributed by atoms with Crippen LogP contribution in [0.2, 0.25) is 0 Å². The maximum Gasteiger partial charge on any atom is 0.0593 e. The predicted octanol–water partition coefficient (Wildman–Crippen LogP) is 2.75. The molecule has 0 fully saturated rings. The molecule has 92 valence electrons. The van der Waals surface area contributed by atoms with Gasteiger partial charge in [0, 0.05) is 18.8 Å². The van der Waals surface area contributed by atoms with Gasteiger partial charge in [0.15, 0.2) is 0 Å². The van der Waals surface area contributed by atoms with Gasteiger partial charge < -0.3 is 5.32 Å². The third-order valence-electron chi connectivity index (χ3n) is 2.85. The zero-order valence-corrected chi connectivity index (χ0v) is 10.9. The van der Waals surface area contributed by atoms with Crippen LogP contribution in [0.3, 0.4) is 0 Å². The Balaban J connectivity index is 2.06. The van der Waals surface area contributed by atoms with Crippen LogP contribution in [-0.2, 0) is 6.54 Å². The summed E-state index contributed by atoms with van der Waals surface area (Å²) in [6.07, 6.45) is 7.32. The Morgan fingerprint density at radius 2 is 2.25 bits per heavy atom. The summed E-state index contributed by atoms with van der Waals surface area (Å²) in [5.41, 5.74) is 1.09. The van der Waals surface area contributed by atoms with Gasteiger partial charge in [0.25, 0.3) is 0 Å². The highest BCUT2D eigenvalue weighted by molar-refractivity contribution is 4.94. The lowest BCUT2D eigenvalue weighted by atomic mass is 10.1. The molecule has 0 bridgehead atoms. The molecular formula is C13H25N3. The summed E-state index contributed by atoms with van der Waals surface area (Å²) < 4.78 is 2.00. The zero-order valence-electron chi connectivity index (χ0n) is 10.9. The Kier molecular flexibility index (Phi) is 6.16. The van der Waals surface area contributed by atoms with Crippen molar-refractivity contribution in [1.82, 2.24) is 15.1 Å². The molecule has 1 rings (SSSR count). The van der Waals surface area contributed by atoms with E-state index in [1.807, 2.05) is 23.9 Å². The number of nitrogens with one attached hydrogen (secondary N) is 1. The van der Waals surface area contributed by atoms with Gasteiger partial charge in [0.05, 0.1) is 12.2 Å². The van der Waals surface area contributed by atoms with E-state index in [1.165, 1.54) is 25.7 Å². The summed E-state index contributed by atoms with van der Waals surface area (Å²) >= 11 is 0. The van der Waals surface area contributed by atoms with Crippen molar-refractivity contribution in [2.24, 2.45) is 0 Å². The maximum atomic E-state index is 4.36. The van der Waals surface area contributed by atoms with Crippen LogP contribution >= 0.6 is 0 Å². The second-order valence-corrected chi connectivity index (χ2v) is 4.57. The first-order chi connectivity index (χ1) is 7.72. The van der Waals surface area contributed by atoms with Gasteiger partial charge in [-0.2, -0.15) is 5.10 Å². The van der Waals surface area contributed by atoms with E-state index >= 15 is 0 Å². The predicted molar refractivity (Wildman–Crippen MR) is 68.6 cm³/mol. The van der Waals surface area contributed by atoms with Crippen molar-refractivity contribution in [3.63, 3.8) is 0 Å². The number of aryl methyl sites for hydroxylation is 1. The largest absolute Gasteiger partial charge is 0.312 e. The fourth-order valence-electron chi connectivity index (χ4n) is 1.82. The number of rotatable bonds is 8. The van der Waals surface area contributed by atoms with E-state index in [1.54, 1.807) is 0 Å². The van der Waals surface area contributed by atoms with Gasteiger partial charge in [-0.3, -0.25) is 4.68 Å². The van der Waals surface area contributed by atoms with Crippen LogP contribution < -0.4 is 5.32 Å². The number of unbranched alkanes of at least 4 members (excludes halogenated alkanes) is 2. The molecule has 0 saturated heterocycles. The minimum Gasteiger partial charge on any atom is -0.312 e. The second-order valence-electron chi connectivity index (χ2n) is 4.57. The molecular weight excluding hydrogens is 198 g/mol. The van der Waals surface area contributed by atoms with Gasteiger partial charge in [0.2, 0.25) is 0 Å². The minimum absolute atomic E-state index is 0.628.